The topological polar surface area (TPSA) is 60.2 Å². The van der Waals surface area contributed by atoms with Gasteiger partial charge in [-0.3, -0.25) is 10.1 Å². The first-order valence-electron chi connectivity index (χ1n) is 4.39. The minimum absolute atomic E-state index is 0.0193. The molecule has 0 spiro atoms. The lowest BCUT2D eigenvalue weighted by molar-refractivity contribution is -0.384. The zero-order chi connectivity index (χ0) is 12.0. The summed E-state index contributed by atoms with van der Waals surface area (Å²) in [5.74, 6) is 2.35. The molecule has 0 saturated carbocycles. The SMILES string of the molecule is O=C=CSCCc1ccc([N+](=O)[O-])cc1Cl. The number of hydrogen-bond donors (Lipinski definition) is 0. The van der Waals surface area contributed by atoms with Gasteiger partial charge >= 0.3 is 0 Å². The van der Waals surface area contributed by atoms with Crippen LogP contribution in [0.15, 0.2) is 23.6 Å². The number of benzene rings is 1. The molecule has 0 aliphatic carbocycles. The Balaban J connectivity index is 2.67. The molecule has 0 saturated heterocycles. The van der Waals surface area contributed by atoms with Crippen molar-refractivity contribution in [2.24, 2.45) is 0 Å². The van der Waals surface area contributed by atoms with Crippen LogP contribution in [0, 0.1) is 10.1 Å². The first-order valence-corrected chi connectivity index (χ1v) is 5.81. The maximum Gasteiger partial charge on any atom is 0.270 e. The van der Waals surface area contributed by atoms with Crippen molar-refractivity contribution in [1.29, 1.82) is 0 Å². The molecule has 0 N–H and O–H groups in total. The van der Waals surface area contributed by atoms with E-state index in [1.165, 1.54) is 29.3 Å². The van der Waals surface area contributed by atoms with E-state index >= 15 is 0 Å². The Morgan fingerprint density at radius 3 is 2.88 bits per heavy atom. The van der Waals surface area contributed by atoms with Crippen LogP contribution in [-0.4, -0.2) is 16.6 Å². The number of halogens is 1. The first kappa shape index (κ1) is 12.8. The van der Waals surface area contributed by atoms with Crippen LogP contribution in [0.5, 0.6) is 0 Å². The molecule has 0 fully saturated rings. The summed E-state index contributed by atoms with van der Waals surface area (Å²) in [4.78, 5) is 19.9. The molecule has 0 radical (unpaired) electrons. The van der Waals surface area contributed by atoms with Gasteiger partial charge in [-0.2, -0.15) is 0 Å². The van der Waals surface area contributed by atoms with E-state index in [2.05, 4.69) is 0 Å². The number of nitro benzene ring substituents is 1. The number of hydrogen-bond acceptors (Lipinski definition) is 4. The minimum atomic E-state index is -0.487. The molecule has 0 aromatic heterocycles. The number of nitrogens with zero attached hydrogens (tertiary/aromatic N) is 1. The molecule has 0 aliphatic rings. The van der Waals surface area contributed by atoms with Gasteiger partial charge in [-0.15, -0.1) is 11.8 Å². The highest BCUT2D eigenvalue weighted by Gasteiger charge is 2.08. The van der Waals surface area contributed by atoms with E-state index in [-0.39, 0.29) is 5.69 Å². The highest BCUT2D eigenvalue weighted by molar-refractivity contribution is 8.02. The fourth-order valence-electron chi connectivity index (χ4n) is 1.11. The highest BCUT2D eigenvalue weighted by Crippen LogP contribution is 2.23. The Morgan fingerprint density at radius 1 is 1.56 bits per heavy atom. The van der Waals surface area contributed by atoms with Crippen LogP contribution < -0.4 is 0 Å². The van der Waals surface area contributed by atoms with E-state index < -0.39 is 4.92 Å². The summed E-state index contributed by atoms with van der Waals surface area (Å²) in [6.45, 7) is 0. The van der Waals surface area contributed by atoms with Crippen LogP contribution in [0.25, 0.3) is 0 Å². The van der Waals surface area contributed by atoms with Crippen LogP contribution in [0.2, 0.25) is 5.02 Å². The number of carbonyl (C=O) groups excluding carboxylic acids is 1. The van der Waals surface area contributed by atoms with E-state index in [0.29, 0.717) is 17.2 Å². The molecule has 0 heterocycles. The Labute approximate surface area is 101 Å². The normalized spacial score (nSPS) is 9.56. The molecule has 0 unspecified atom stereocenters. The van der Waals surface area contributed by atoms with Gasteiger partial charge in [-0.05, 0) is 12.0 Å². The summed E-state index contributed by atoms with van der Waals surface area (Å²) in [5, 5.41) is 12.2. The molecular weight excluding hydrogens is 250 g/mol. The van der Waals surface area contributed by atoms with E-state index in [4.69, 9.17) is 11.6 Å². The zero-order valence-electron chi connectivity index (χ0n) is 8.18. The average Bonchev–Trinajstić information content (AvgIpc) is 2.26. The summed E-state index contributed by atoms with van der Waals surface area (Å²) < 4.78 is 0. The van der Waals surface area contributed by atoms with Crippen molar-refractivity contribution in [3.63, 3.8) is 0 Å². The third kappa shape index (κ3) is 3.70. The van der Waals surface area contributed by atoms with Gasteiger partial charge < -0.3 is 0 Å². The van der Waals surface area contributed by atoms with Crippen LogP contribution in [-0.2, 0) is 11.2 Å². The standard InChI is InChI=1S/C10H8ClNO3S/c11-10-7-9(12(14)15)2-1-8(10)3-5-16-6-4-13/h1-2,6-7H,3,5H2. The van der Waals surface area contributed by atoms with E-state index in [1.54, 1.807) is 12.0 Å². The van der Waals surface area contributed by atoms with Crippen LogP contribution in [0.4, 0.5) is 5.69 Å². The average molecular weight is 258 g/mol. The van der Waals surface area contributed by atoms with Crippen molar-refractivity contribution in [2.75, 3.05) is 5.75 Å². The lowest BCUT2D eigenvalue weighted by Crippen LogP contribution is -1.92. The third-order valence-corrected chi connectivity index (χ3v) is 2.92. The highest BCUT2D eigenvalue weighted by atomic mass is 35.5. The zero-order valence-corrected chi connectivity index (χ0v) is 9.75. The van der Waals surface area contributed by atoms with Crippen LogP contribution in [0.1, 0.15) is 5.56 Å². The predicted molar refractivity (Wildman–Crippen MR) is 64.5 cm³/mol. The molecule has 4 nitrogen and oxygen atoms in total. The van der Waals surface area contributed by atoms with Gasteiger partial charge in [0.2, 0.25) is 0 Å². The Hall–Kier alpha value is -1.29. The molecule has 6 heteroatoms. The van der Waals surface area contributed by atoms with Crippen molar-refractivity contribution >= 4 is 35.0 Å². The van der Waals surface area contributed by atoms with Crippen molar-refractivity contribution in [3.8, 4) is 0 Å². The number of aryl methyl sites for hydroxylation is 1. The number of nitro groups is 1. The second kappa shape index (κ2) is 6.33. The number of non-ortho nitro benzene ring substituents is 1. The van der Waals surface area contributed by atoms with Gasteiger partial charge in [0, 0.05) is 17.9 Å². The van der Waals surface area contributed by atoms with Crippen LogP contribution >= 0.6 is 23.4 Å². The van der Waals surface area contributed by atoms with Crippen molar-refractivity contribution < 1.29 is 9.72 Å². The maximum atomic E-state index is 10.5. The monoisotopic (exact) mass is 257 g/mol. The molecule has 1 aromatic rings. The van der Waals surface area contributed by atoms with Crippen molar-refractivity contribution in [2.45, 2.75) is 6.42 Å². The van der Waals surface area contributed by atoms with Crippen molar-refractivity contribution in [3.05, 3.63) is 44.3 Å². The van der Waals surface area contributed by atoms with Gasteiger partial charge in [0.1, 0.15) is 5.94 Å². The summed E-state index contributed by atoms with van der Waals surface area (Å²) in [7, 11) is 0. The third-order valence-electron chi connectivity index (χ3n) is 1.87. The fourth-order valence-corrected chi connectivity index (χ4v) is 1.91. The minimum Gasteiger partial charge on any atom is -0.258 e. The van der Waals surface area contributed by atoms with E-state index in [0.717, 1.165) is 5.56 Å². The van der Waals surface area contributed by atoms with E-state index in [9.17, 15) is 14.9 Å². The first-order chi connectivity index (χ1) is 7.65. The molecular formula is C10H8ClNO3S. The Bertz CT molecular complexity index is 444. The summed E-state index contributed by atoms with van der Waals surface area (Å²) in [6, 6.07) is 4.38. The van der Waals surface area contributed by atoms with E-state index in [1.807, 2.05) is 0 Å². The van der Waals surface area contributed by atoms with Crippen LogP contribution in [0.3, 0.4) is 0 Å². The smallest absolute Gasteiger partial charge is 0.258 e. The second-order valence-corrected chi connectivity index (χ2v) is 4.27. The van der Waals surface area contributed by atoms with Gasteiger partial charge in [0.15, 0.2) is 0 Å². The molecule has 1 rings (SSSR count). The molecule has 0 amide bonds. The fraction of sp³-hybridized carbons (Fsp3) is 0.200. The summed E-state index contributed by atoms with van der Waals surface area (Å²) >= 11 is 7.21. The molecule has 0 bridgehead atoms. The largest absolute Gasteiger partial charge is 0.270 e. The lowest BCUT2D eigenvalue weighted by atomic mass is 10.1. The van der Waals surface area contributed by atoms with Crippen molar-refractivity contribution in [1.82, 2.24) is 0 Å². The maximum absolute atomic E-state index is 10.5. The Kier molecular flexibility index (Phi) is 5.05. The second-order valence-electron chi connectivity index (χ2n) is 2.89. The molecule has 0 aliphatic heterocycles. The lowest BCUT2D eigenvalue weighted by Gasteiger charge is -2.02. The van der Waals surface area contributed by atoms with Gasteiger partial charge in [-0.25, -0.2) is 4.79 Å². The molecule has 1 aromatic carbocycles. The number of thioether (sulfide) groups is 1. The number of rotatable bonds is 5. The summed E-state index contributed by atoms with van der Waals surface area (Å²) in [6.07, 6.45) is 0.652. The molecule has 16 heavy (non-hydrogen) atoms. The predicted octanol–water partition coefficient (Wildman–Crippen LogP) is 2.87. The summed E-state index contributed by atoms with van der Waals surface area (Å²) in [5.41, 5.74) is 0.813. The molecule has 84 valence electrons. The van der Waals surface area contributed by atoms with Gasteiger partial charge in [0.25, 0.3) is 5.69 Å². The van der Waals surface area contributed by atoms with Gasteiger partial charge in [0.05, 0.1) is 15.4 Å². The quantitative estimate of drug-likeness (QED) is 0.352. The molecule has 0 atom stereocenters. The Morgan fingerprint density at radius 2 is 2.31 bits per heavy atom. The van der Waals surface area contributed by atoms with Gasteiger partial charge in [-0.1, -0.05) is 17.7 Å².